The molecule has 0 saturated carbocycles. The van der Waals surface area contributed by atoms with Crippen molar-refractivity contribution >= 4 is 16.9 Å². The highest BCUT2D eigenvalue weighted by Gasteiger charge is 2.16. The van der Waals surface area contributed by atoms with Crippen molar-refractivity contribution in [3.63, 3.8) is 0 Å². The number of hydrogen-bond donors (Lipinski definition) is 0. The van der Waals surface area contributed by atoms with Gasteiger partial charge < -0.3 is 13.7 Å². The van der Waals surface area contributed by atoms with Crippen LogP contribution in [0.2, 0.25) is 0 Å². The lowest BCUT2D eigenvalue weighted by atomic mass is 10.1. The Bertz CT molecular complexity index is 1030. The van der Waals surface area contributed by atoms with Crippen molar-refractivity contribution in [1.29, 1.82) is 0 Å². The van der Waals surface area contributed by atoms with E-state index in [9.17, 15) is 4.79 Å². The van der Waals surface area contributed by atoms with Crippen LogP contribution in [0.5, 0.6) is 0 Å². The zero-order chi connectivity index (χ0) is 17.2. The lowest BCUT2D eigenvalue weighted by Crippen LogP contribution is -2.07. The zero-order valence-corrected chi connectivity index (χ0v) is 13.4. The van der Waals surface area contributed by atoms with Gasteiger partial charge in [0.15, 0.2) is 5.76 Å². The SMILES string of the molecule is Cc1cc(COC(=O)c2cc(-c3ccco3)nc3ccccc23)no1. The number of aromatic nitrogens is 2. The molecule has 124 valence electrons. The minimum atomic E-state index is -0.452. The second kappa shape index (κ2) is 6.24. The quantitative estimate of drug-likeness (QED) is 0.522. The van der Waals surface area contributed by atoms with Gasteiger partial charge in [-0.3, -0.25) is 0 Å². The largest absolute Gasteiger partial charge is 0.463 e. The molecule has 0 aliphatic carbocycles. The van der Waals surface area contributed by atoms with Gasteiger partial charge in [0.25, 0.3) is 0 Å². The van der Waals surface area contributed by atoms with E-state index in [-0.39, 0.29) is 6.61 Å². The molecule has 1 aromatic carbocycles. The molecule has 3 heterocycles. The molecule has 6 heteroatoms. The molecule has 0 radical (unpaired) electrons. The van der Waals surface area contributed by atoms with Crippen molar-refractivity contribution < 1.29 is 18.5 Å². The third-order valence-corrected chi connectivity index (χ3v) is 3.74. The standard InChI is InChI=1S/C19H14N2O4/c1-12-9-13(21-25-12)11-24-19(22)15-10-17(18-7-4-8-23-18)20-16-6-3-2-5-14(15)16/h2-10H,11H2,1H3. The average Bonchev–Trinajstić information content (AvgIpc) is 3.30. The Hall–Kier alpha value is -3.41. The van der Waals surface area contributed by atoms with Crippen LogP contribution in [-0.4, -0.2) is 16.1 Å². The lowest BCUT2D eigenvalue weighted by Gasteiger charge is -2.08. The summed E-state index contributed by atoms with van der Waals surface area (Å²) in [4.78, 5) is 17.2. The molecule has 6 nitrogen and oxygen atoms in total. The number of nitrogens with zero attached hydrogens (tertiary/aromatic N) is 2. The molecule has 4 aromatic rings. The third-order valence-electron chi connectivity index (χ3n) is 3.74. The molecular weight excluding hydrogens is 320 g/mol. The topological polar surface area (TPSA) is 78.4 Å². The number of para-hydroxylation sites is 1. The molecule has 0 fully saturated rings. The summed E-state index contributed by atoms with van der Waals surface area (Å²) in [6.45, 7) is 1.83. The molecule has 4 rings (SSSR count). The summed E-state index contributed by atoms with van der Waals surface area (Å²) >= 11 is 0. The number of carbonyl (C=O) groups excluding carboxylic acids is 1. The number of carbonyl (C=O) groups is 1. The monoisotopic (exact) mass is 334 g/mol. The molecule has 3 aromatic heterocycles. The fourth-order valence-electron chi connectivity index (χ4n) is 2.60. The summed E-state index contributed by atoms with van der Waals surface area (Å²) in [5, 5.41) is 4.54. The molecule has 25 heavy (non-hydrogen) atoms. The number of hydrogen-bond acceptors (Lipinski definition) is 6. The van der Waals surface area contributed by atoms with Gasteiger partial charge in [-0.25, -0.2) is 9.78 Å². The predicted octanol–water partition coefficient (Wildman–Crippen LogP) is 4.15. The van der Waals surface area contributed by atoms with E-state index in [0.717, 1.165) is 5.39 Å². The highest BCUT2D eigenvalue weighted by Crippen LogP contribution is 2.26. The molecule has 0 spiro atoms. The van der Waals surface area contributed by atoms with Gasteiger partial charge in [-0.1, -0.05) is 23.4 Å². The predicted molar refractivity (Wildman–Crippen MR) is 89.8 cm³/mol. The second-order valence-corrected chi connectivity index (χ2v) is 5.55. The number of ether oxygens (including phenoxy) is 1. The second-order valence-electron chi connectivity index (χ2n) is 5.55. The minimum absolute atomic E-state index is 0.0446. The van der Waals surface area contributed by atoms with Crippen molar-refractivity contribution in [2.75, 3.05) is 0 Å². The van der Waals surface area contributed by atoms with Crippen LogP contribution >= 0.6 is 0 Å². The number of pyridine rings is 1. The number of aryl methyl sites for hydroxylation is 1. The van der Waals surface area contributed by atoms with Crippen LogP contribution in [0.4, 0.5) is 0 Å². The van der Waals surface area contributed by atoms with Gasteiger partial charge in [0, 0.05) is 11.5 Å². The van der Waals surface area contributed by atoms with E-state index in [1.54, 1.807) is 37.5 Å². The van der Waals surface area contributed by atoms with Crippen LogP contribution in [0.3, 0.4) is 0 Å². The van der Waals surface area contributed by atoms with Gasteiger partial charge in [-0.2, -0.15) is 0 Å². The van der Waals surface area contributed by atoms with Crippen LogP contribution in [-0.2, 0) is 11.3 Å². The van der Waals surface area contributed by atoms with Gasteiger partial charge in [0.05, 0.1) is 17.3 Å². The highest BCUT2D eigenvalue weighted by molar-refractivity contribution is 6.04. The molecular formula is C19H14N2O4. The molecule has 0 atom stereocenters. The third kappa shape index (κ3) is 3.01. The summed E-state index contributed by atoms with van der Waals surface area (Å²) in [6.07, 6.45) is 1.57. The van der Waals surface area contributed by atoms with Gasteiger partial charge >= 0.3 is 5.97 Å². The first-order valence-corrected chi connectivity index (χ1v) is 7.74. The van der Waals surface area contributed by atoms with Crippen LogP contribution < -0.4 is 0 Å². The van der Waals surface area contributed by atoms with E-state index in [4.69, 9.17) is 13.7 Å². The maximum Gasteiger partial charge on any atom is 0.339 e. The smallest absolute Gasteiger partial charge is 0.339 e. The van der Waals surface area contributed by atoms with Crippen molar-refractivity contribution in [1.82, 2.24) is 10.1 Å². The van der Waals surface area contributed by atoms with Gasteiger partial charge in [-0.05, 0) is 31.2 Å². The molecule has 0 N–H and O–H groups in total. The Morgan fingerprint density at radius 3 is 2.80 bits per heavy atom. The molecule has 0 saturated heterocycles. The van der Waals surface area contributed by atoms with E-state index in [1.807, 2.05) is 24.3 Å². The van der Waals surface area contributed by atoms with E-state index < -0.39 is 5.97 Å². The Balaban J connectivity index is 1.70. The van der Waals surface area contributed by atoms with Crippen LogP contribution in [0, 0.1) is 6.92 Å². The Morgan fingerprint density at radius 1 is 1.16 bits per heavy atom. The van der Waals surface area contributed by atoms with Crippen LogP contribution in [0.15, 0.2) is 63.7 Å². The Morgan fingerprint density at radius 2 is 2.04 bits per heavy atom. The molecule has 0 aliphatic rings. The lowest BCUT2D eigenvalue weighted by molar-refractivity contribution is 0.0466. The fraction of sp³-hybridized carbons (Fsp3) is 0.105. The van der Waals surface area contributed by atoms with Gasteiger partial charge in [-0.15, -0.1) is 0 Å². The van der Waals surface area contributed by atoms with Gasteiger partial charge in [0.2, 0.25) is 0 Å². The number of benzene rings is 1. The summed E-state index contributed by atoms with van der Waals surface area (Å²) in [5.41, 5.74) is 2.27. The highest BCUT2D eigenvalue weighted by atomic mass is 16.5. The van der Waals surface area contributed by atoms with Crippen LogP contribution in [0.25, 0.3) is 22.4 Å². The number of furan rings is 1. The first-order valence-electron chi connectivity index (χ1n) is 7.74. The van der Waals surface area contributed by atoms with Crippen molar-refractivity contribution in [2.45, 2.75) is 13.5 Å². The molecule has 0 unspecified atom stereocenters. The molecule has 0 aliphatic heterocycles. The zero-order valence-electron chi connectivity index (χ0n) is 13.4. The Kier molecular flexibility index (Phi) is 3.78. The summed E-state index contributed by atoms with van der Waals surface area (Å²) in [7, 11) is 0. The van der Waals surface area contributed by atoms with Crippen molar-refractivity contribution in [3.8, 4) is 11.5 Å². The average molecular weight is 334 g/mol. The van der Waals surface area contributed by atoms with Gasteiger partial charge in [0.1, 0.15) is 23.8 Å². The van der Waals surface area contributed by atoms with Crippen molar-refractivity contribution in [2.24, 2.45) is 0 Å². The molecule has 0 amide bonds. The van der Waals surface area contributed by atoms with Crippen LogP contribution in [0.1, 0.15) is 21.8 Å². The van der Waals surface area contributed by atoms with E-state index in [2.05, 4.69) is 10.1 Å². The first kappa shape index (κ1) is 15.1. The maximum atomic E-state index is 12.6. The number of esters is 1. The fourth-order valence-corrected chi connectivity index (χ4v) is 2.60. The summed E-state index contributed by atoms with van der Waals surface area (Å²) in [5.74, 6) is 0.805. The van der Waals surface area contributed by atoms with E-state index in [1.165, 1.54) is 0 Å². The summed E-state index contributed by atoms with van der Waals surface area (Å²) < 4.78 is 15.8. The normalized spacial score (nSPS) is 10.9. The Labute approximate surface area is 143 Å². The van der Waals surface area contributed by atoms with E-state index >= 15 is 0 Å². The maximum absolute atomic E-state index is 12.6. The molecule has 0 bridgehead atoms. The van der Waals surface area contributed by atoms with Crippen molar-refractivity contribution in [3.05, 3.63) is 71.8 Å². The minimum Gasteiger partial charge on any atom is -0.463 e. The van der Waals surface area contributed by atoms with E-state index in [0.29, 0.717) is 34.0 Å². The first-order chi connectivity index (χ1) is 12.2. The number of fused-ring (bicyclic) bond motifs is 1. The number of rotatable bonds is 4. The summed E-state index contributed by atoms with van der Waals surface area (Å²) in [6, 6.07) is 14.4.